The molecular weight excluding hydrogens is 274 g/mol. The van der Waals surface area contributed by atoms with Gasteiger partial charge in [0.15, 0.2) is 5.13 Å². The summed E-state index contributed by atoms with van der Waals surface area (Å²) in [6.45, 7) is 2.20. The number of thiazole rings is 1. The van der Waals surface area contributed by atoms with Gasteiger partial charge in [-0.2, -0.15) is 0 Å². The number of nitrogens with one attached hydrogen (secondary N) is 1. The van der Waals surface area contributed by atoms with E-state index in [0.29, 0.717) is 6.04 Å². The van der Waals surface area contributed by atoms with Crippen molar-refractivity contribution in [1.82, 2.24) is 10.3 Å². The second kappa shape index (κ2) is 5.27. The number of anilines is 1. The number of hydrogen-bond donors (Lipinski definition) is 1. The summed E-state index contributed by atoms with van der Waals surface area (Å²) in [6, 6.07) is 0.613. The number of halogens is 1. The zero-order chi connectivity index (χ0) is 10.7. The molecule has 1 aromatic heterocycles. The summed E-state index contributed by atoms with van der Waals surface area (Å²) in [7, 11) is 2.02. The lowest BCUT2D eigenvalue weighted by Crippen LogP contribution is -2.44. The van der Waals surface area contributed by atoms with Gasteiger partial charge in [0, 0.05) is 24.5 Å². The molecule has 1 atom stereocenters. The van der Waals surface area contributed by atoms with E-state index in [-0.39, 0.29) is 0 Å². The van der Waals surface area contributed by atoms with E-state index >= 15 is 0 Å². The van der Waals surface area contributed by atoms with Crippen LogP contribution in [0.15, 0.2) is 9.98 Å². The predicted octanol–water partition coefficient (Wildman–Crippen LogP) is 2.48. The molecule has 0 bridgehead atoms. The third kappa shape index (κ3) is 2.71. The van der Waals surface area contributed by atoms with Gasteiger partial charge in [-0.15, -0.1) is 11.3 Å². The topological polar surface area (TPSA) is 28.2 Å². The molecule has 5 heteroatoms. The highest BCUT2D eigenvalue weighted by atomic mass is 79.9. The van der Waals surface area contributed by atoms with Crippen LogP contribution in [0.5, 0.6) is 0 Å². The molecule has 1 unspecified atom stereocenters. The Morgan fingerprint density at radius 2 is 2.53 bits per heavy atom. The third-order valence-corrected chi connectivity index (χ3v) is 4.36. The largest absolute Gasteiger partial charge is 0.344 e. The summed E-state index contributed by atoms with van der Waals surface area (Å²) in [6.07, 6.45) is 3.91. The maximum atomic E-state index is 4.50. The van der Waals surface area contributed by atoms with Crippen molar-refractivity contribution >= 4 is 32.4 Å². The molecule has 0 spiro atoms. The number of nitrogens with zero attached hydrogens (tertiary/aromatic N) is 2. The molecule has 1 aromatic rings. The van der Waals surface area contributed by atoms with Crippen LogP contribution in [0, 0.1) is 0 Å². The number of likely N-dealkylation sites (N-methyl/N-ethyl adjacent to an activating group) is 1. The minimum atomic E-state index is 0.613. The summed E-state index contributed by atoms with van der Waals surface area (Å²) >= 11 is 5.14. The van der Waals surface area contributed by atoms with Crippen LogP contribution in [0.4, 0.5) is 5.13 Å². The predicted molar refractivity (Wildman–Crippen MR) is 68.7 cm³/mol. The highest BCUT2D eigenvalue weighted by Crippen LogP contribution is 2.29. The molecule has 15 heavy (non-hydrogen) atoms. The van der Waals surface area contributed by atoms with E-state index in [1.54, 1.807) is 11.3 Å². The van der Waals surface area contributed by atoms with Crippen LogP contribution in [0.2, 0.25) is 0 Å². The normalized spacial score (nSPS) is 22.0. The van der Waals surface area contributed by atoms with Crippen LogP contribution in [0.25, 0.3) is 0 Å². The van der Waals surface area contributed by atoms with Gasteiger partial charge in [0.25, 0.3) is 0 Å². The van der Waals surface area contributed by atoms with E-state index in [2.05, 4.69) is 36.5 Å². The van der Waals surface area contributed by atoms with Gasteiger partial charge in [0.05, 0.1) is 0 Å². The fourth-order valence-corrected chi connectivity index (χ4v) is 3.43. The third-order valence-electron chi connectivity index (χ3n) is 2.78. The lowest BCUT2D eigenvalue weighted by Gasteiger charge is -2.35. The molecule has 0 radical (unpaired) electrons. The van der Waals surface area contributed by atoms with Gasteiger partial charge < -0.3 is 10.2 Å². The van der Waals surface area contributed by atoms with E-state index in [4.69, 9.17) is 0 Å². The quantitative estimate of drug-likeness (QED) is 0.927. The van der Waals surface area contributed by atoms with Gasteiger partial charge >= 0.3 is 0 Å². The van der Waals surface area contributed by atoms with Crippen LogP contribution in [-0.4, -0.2) is 31.2 Å². The first-order chi connectivity index (χ1) is 7.31. The lowest BCUT2D eigenvalue weighted by atomic mass is 10.0. The molecule has 2 rings (SSSR count). The molecule has 2 heterocycles. The maximum Gasteiger partial charge on any atom is 0.186 e. The van der Waals surface area contributed by atoms with Crippen molar-refractivity contribution < 1.29 is 0 Å². The monoisotopic (exact) mass is 289 g/mol. The highest BCUT2D eigenvalue weighted by Gasteiger charge is 2.23. The molecule has 0 amide bonds. The van der Waals surface area contributed by atoms with Gasteiger partial charge in [-0.1, -0.05) is 0 Å². The molecule has 3 nitrogen and oxygen atoms in total. The molecule has 0 aromatic carbocycles. The van der Waals surface area contributed by atoms with Gasteiger partial charge in [-0.3, -0.25) is 0 Å². The first kappa shape index (κ1) is 11.4. The van der Waals surface area contributed by atoms with Crippen LogP contribution >= 0.6 is 27.3 Å². The summed E-state index contributed by atoms with van der Waals surface area (Å²) < 4.78 is 0.955. The second-order valence-electron chi connectivity index (χ2n) is 3.85. The number of rotatable bonds is 3. The van der Waals surface area contributed by atoms with Crippen molar-refractivity contribution in [2.75, 3.05) is 25.0 Å². The van der Waals surface area contributed by atoms with Crippen LogP contribution in [0.1, 0.15) is 19.3 Å². The Balaban J connectivity index is 2.10. The van der Waals surface area contributed by atoms with Gasteiger partial charge in [-0.25, -0.2) is 4.98 Å². The zero-order valence-electron chi connectivity index (χ0n) is 8.87. The Morgan fingerprint density at radius 3 is 3.20 bits per heavy atom. The molecule has 0 saturated carbocycles. The van der Waals surface area contributed by atoms with Crippen molar-refractivity contribution in [2.24, 2.45) is 0 Å². The van der Waals surface area contributed by atoms with Crippen LogP contribution < -0.4 is 10.2 Å². The highest BCUT2D eigenvalue weighted by molar-refractivity contribution is 9.10. The van der Waals surface area contributed by atoms with Gasteiger partial charge in [0.1, 0.15) is 4.60 Å². The maximum absolute atomic E-state index is 4.50. The average molecular weight is 290 g/mol. The molecule has 1 fully saturated rings. The molecular formula is C10H16BrN3S. The molecule has 0 aliphatic carbocycles. The summed E-state index contributed by atoms with van der Waals surface area (Å²) in [5.41, 5.74) is 0. The Morgan fingerprint density at radius 1 is 1.67 bits per heavy atom. The molecule has 1 saturated heterocycles. The Hall–Kier alpha value is -0.130. The van der Waals surface area contributed by atoms with Crippen molar-refractivity contribution in [1.29, 1.82) is 0 Å². The van der Waals surface area contributed by atoms with Crippen LogP contribution in [0.3, 0.4) is 0 Å². The first-order valence-corrected chi connectivity index (χ1v) is 7.01. The first-order valence-electron chi connectivity index (χ1n) is 5.33. The number of hydrogen-bond acceptors (Lipinski definition) is 4. The summed E-state index contributed by atoms with van der Waals surface area (Å²) in [5.74, 6) is 0. The SMILES string of the molecule is CNCC1CCCCN1c1nc(Br)cs1. The summed E-state index contributed by atoms with van der Waals surface area (Å²) in [5, 5.41) is 6.48. The van der Waals surface area contributed by atoms with Crippen molar-refractivity contribution in [2.45, 2.75) is 25.3 Å². The fraction of sp³-hybridized carbons (Fsp3) is 0.700. The smallest absolute Gasteiger partial charge is 0.186 e. The number of piperidine rings is 1. The molecule has 1 aliphatic heterocycles. The van der Waals surface area contributed by atoms with Gasteiger partial charge in [-0.05, 0) is 42.2 Å². The molecule has 84 valence electrons. The Bertz CT molecular complexity index is 313. The Labute approximate surface area is 103 Å². The molecule has 1 aliphatic rings. The number of aromatic nitrogens is 1. The van der Waals surface area contributed by atoms with Crippen molar-refractivity contribution in [3.05, 3.63) is 9.98 Å². The minimum absolute atomic E-state index is 0.613. The van der Waals surface area contributed by atoms with E-state index in [0.717, 1.165) is 22.8 Å². The lowest BCUT2D eigenvalue weighted by molar-refractivity contribution is 0.446. The van der Waals surface area contributed by atoms with E-state index < -0.39 is 0 Å². The van der Waals surface area contributed by atoms with Crippen molar-refractivity contribution in [3.63, 3.8) is 0 Å². The van der Waals surface area contributed by atoms with E-state index in [9.17, 15) is 0 Å². The minimum Gasteiger partial charge on any atom is -0.344 e. The Kier molecular flexibility index (Phi) is 3.99. The van der Waals surface area contributed by atoms with Gasteiger partial charge in [0.2, 0.25) is 0 Å². The van der Waals surface area contributed by atoms with E-state index in [1.807, 2.05) is 7.05 Å². The average Bonchev–Trinajstić information content (AvgIpc) is 2.66. The van der Waals surface area contributed by atoms with Crippen molar-refractivity contribution in [3.8, 4) is 0 Å². The second-order valence-corrected chi connectivity index (χ2v) is 5.50. The van der Waals surface area contributed by atoms with Crippen LogP contribution in [-0.2, 0) is 0 Å². The summed E-state index contributed by atoms with van der Waals surface area (Å²) in [4.78, 5) is 6.94. The fourth-order valence-electron chi connectivity index (χ4n) is 2.08. The standard InChI is InChI=1S/C10H16BrN3S/c1-12-6-8-4-2-3-5-14(8)10-13-9(11)7-15-10/h7-8,12H,2-6H2,1H3. The zero-order valence-corrected chi connectivity index (χ0v) is 11.3. The molecule has 1 N–H and O–H groups in total. The van der Waals surface area contributed by atoms with E-state index in [1.165, 1.54) is 19.3 Å².